The van der Waals surface area contributed by atoms with Crippen molar-refractivity contribution in [3.05, 3.63) is 23.3 Å². The Bertz CT molecular complexity index is 460. The Hall–Kier alpha value is -1.20. The van der Waals surface area contributed by atoms with Crippen LogP contribution >= 0.6 is 11.3 Å². The van der Waals surface area contributed by atoms with Gasteiger partial charge in [0.15, 0.2) is 5.82 Å². The van der Waals surface area contributed by atoms with Gasteiger partial charge in [0.25, 0.3) is 0 Å². The maximum atomic E-state index is 6.09. The Morgan fingerprint density at radius 1 is 1.47 bits per heavy atom. The molecule has 0 amide bonds. The number of thiophene rings is 1. The highest BCUT2D eigenvalue weighted by molar-refractivity contribution is 7.13. The number of aryl methyl sites for hydroxylation is 1. The van der Waals surface area contributed by atoms with Gasteiger partial charge in [-0.2, -0.15) is 0 Å². The van der Waals surface area contributed by atoms with Crippen molar-refractivity contribution in [2.45, 2.75) is 25.4 Å². The molecule has 3 rings (SSSR count). The van der Waals surface area contributed by atoms with Crippen LogP contribution in [-0.4, -0.2) is 14.8 Å². The van der Waals surface area contributed by atoms with Gasteiger partial charge in [0.1, 0.15) is 5.82 Å². The number of hydrogen-bond acceptors (Lipinski definition) is 4. The van der Waals surface area contributed by atoms with Crippen LogP contribution in [0.25, 0.3) is 10.7 Å². The van der Waals surface area contributed by atoms with Crippen molar-refractivity contribution in [1.82, 2.24) is 14.8 Å². The Kier molecular flexibility index (Phi) is 2.07. The van der Waals surface area contributed by atoms with E-state index in [0.29, 0.717) is 0 Å². The Labute approximate surface area is 91.7 Å². The highest BCUT2D eigenvalue weighted by Gasteiger charge is 2.22. The first-order valence-corrected chi connectivity index (χ1v) is 5.97. The summed E-state index contributed by atoms with van der Waals surface area (Å²) in [5, 5.41) is 10.5. The molecule has 0 fully saturated rings. The van der Waals surface area contributed by atoms with Crippen molar-refractivity contribution in [3.63, 3.8) is 0 Å². The van der Waals surface area contributed by atoms with Crippen molar-refractivity contribution in [1.29, 1.82) is 0 Å². The molecule has 1 atom stereocenters. The van der Waals surface area contributed by atoms with E-state index in [1.54, 1.807) is 11.3 Å². The van der Waals surface area contributed by atoms with Crippen LogP contribution in [0, 0.1) is 0 Å². The molecule has 1 aliphatic heterocycles. The van der Waals surface area contributed by atoms with E-state index in [-0.39, 0.29) is 6.17 Å². The molecule has 2 N–H and O–H groups in total. The first kappa shape index (κ1) is 9.06. The van der Waals surface area contributed by atoms with Crippen LogP contribution in [0.1, 0.15) is 24.8 Å². The van der Waals surface area contributed by atoms with Gasteiger partial charge in [0, 0.05) is 6.42 Å². The average Bonchev–Trinajstić information content (AvgIpc) is 2.85. The highest BCUT2D eigenvalue weighted by atomic mass is 32.1. The third-order valence-electron chi connectivity index (χ3n) is 2.74. The molecule has 2 aromatic heterocycles. The van der Waals surface area contributed by atoms with E-state index in [1.165, 1.54) is 0 Å². The monoisotopic (exact) mass is 220 g/mol. The van der Waals surface area contributed by atoms with Gasteiger partial charge in [-0.1, -0.05) is 6.07 Å². The molecule has 5 heteroatoms. The van der Waals surface area contributed by atoms with Crippen molar-refractivity contribution >= 4 is 11.3 Å². The van der Waals surface area contributed by atoms with Crippen molar-refractivity contribution in [2.75, 3.05) is 0 Å². The zero-order chi connectivity index (χ0) is 10.3. The molecule has 15 heavy (non-hydrogen) atoms. The van der Waals surface area contributed by atoms with E-state index in [4.69, 9.17) is 5.73 Å². The van der Waals surface area contributed by atoms with Gasteiger partial charge in [0.05, 0.1) is 11.0 Å². The molecular formula is C10H12N4S. The quantitative estimate of drug-likeness (QED) is 0.797. The van der Waals surface area contributed by atoms with Crippen molar-refractivity contribution in [3.8, 4) is 10.7 Å². The van der Waals surface area contributed by atoms with E-state index in [9.17, 15) is 0 Å². The summed E-state index contributed by atoms with van der Waals surface area (Å²) < 4.78 is 2.08. The highest BCUT2D eigenvalue weighted by Crippen LogP contribution is 2.29. The summed E-state index contributed by atoms with van der Waals surface area (Å²) >= 11 is 1.68. The van der Waals surface area contributed by atoms with Crippen LogP contribution < -0.4 is 5.73 Å². The second-order valence-corrected chi connectivity index (χ2v) is 4.69. The lowest BCUT2D eigenvalue weighted by atomic mass is 10.1. The van der Waals surface area contributed by atoms with E-state index in [1.807, 2.05) is 11.4 Å². The van der Waals surface area contributed by atoms with Gasteiger partial charge in [-0.3, -0.25) is 4.57 Å². The van der Waals surface area contributed by atoms with E-state index in [2.05, 4.69) is 20.8 Å². The van der Waals surface area contributed by atoms with Crippen LogP contribution in [-0.2, 0) is 6.42 Å². The van der Waals surface area contributed by atoms with Crippen molar-refractivity contribution in [2.24, 2.45) is 5.73 Å². The molecule has 4 nitrogen and oxygen atoms in total. The fourth-order valence-electron chi connectivity index (χ4n) is 2.01. The summed E-state index contributed by atoms with van der Waals surface area (Å²) in [5.41, 5.74) is 6.09. The van der Waals surface area contributed by atoms with Gasteiger partial charge in [-0.15, -0.1) is 21.5 Å². The molecule has 1 unspecified atom stereocenters. The van der Waals surface area contributed by atoms with Gasteiger partial charge >= 0.3 is 0 Å². The molecule has 1 aliphatic rings. The van der Waals surface area contributed by atoms with Crippen molar-refractivity contribution < 1.29 is 0 Å². The van der Waals surface area contributed by atoms with Crippen LogP contribution in [0.15, 0.2) is 17.5 Å². The summed E-state index contributed by atoms with van der Waals surface area (Å²) in [6, 6.07) is 4.08. The zero-order valence-corrected chi connectivity index (χ0v) is 9.07. The third-order valence-corrected chi connectivity index (χ3v) is 3.61. The van der Waals surface area contributed by atoms with E-state index >= 15 is 0 Å². The third kappa shape index (κ3) is 1.39. The smallest absolute Gasteiger partial charge is 0.175 e. The number of rotatable bonds is 1. The molecule has 3 heterocycles. The first-order chi connectivity index (χ1) is 7.36. The second kappa shape index (κ2) is 3.43. The average molecular weight is 220 g/mol. The molecule has 0 saturated heterocycles. The molecule has 2 aromatic rings. The lowest BCUT2D eigenvalue weighted by Gasteiger charge is -2.21. The Morgan fingerprint density at radius 2 is 2.40 bits per heavy atom. The molecule has 0 radical (unpaired) electrons. The van der Waals surface area contributed by atoms with Crippen LogP contribution in [0.2, 0.25) is 0 Å². The summed E-state index contributed by atoms with van der Waals surface area (Å²) in [4.78, 5) is 1.14. The van der Waals surface area contributed by atoms with Gasteiger partial charge in [-0.25, -0.2) is 0 Å². The van der Waals surface area contributed by atoms with E-state index < -0.39 is 0 Å². The summed E-state index contributed by atoms with van der Waals surface area (Å²) in [6.45, 7) is 0. The number of nitrogens with zero attached hydrogens (tertiary/aromatic N) is 3. The Morgan fingerprint density at radius 3 is 3.20 bits per heavy atom. The number of nitrogens with two attached hydrogens (primary N) is 1. The second-order valence-electron chi connectivity index (χ2n) is 3.75. The summed E-state index contributed by atoms with van der Waals surface area (Å²) in [6.07, 6.45) is 3.17. The van der Waals surface area contributed by atoms with Gasteiger partial charge in [-0.05, 0) is 24.3 Å². The van der Waals surface area contributed by atoms with E-state index in [0.717, 1.165) is 35.8 Å². The summed E-state index contributed by atoms with van der Waals surface area (Å²) in [7, 11) is 0. The normalized spacial score (nSPS) is 20.2. The van der Waals surface area contributed by atoms with Crippen LogP contribution in [0.5, 0.6) is 0 Å². The molecule has 0 bridgehead atoms. The van der Waals surface area contributed by atoms with Crippen LogP contribution in [0.3, 0.4) is 0 Å². The largest absolute Gasteiger partial charge is 0.311 e. The Balaban J connectivity index is 2.14. The minimum atomic E-state index is 0.0425. The lowest BCUT2D eigenvalue weighted by molar-refractivity contribution is 0.412. The predicted octanol–water partition coefficient (Wildman–Crippen LogP) is 1.80. The maximum Gasteiger partial charge on any atom is 0.175 e. The van der Waals surface area contributed by atoms with Gasteiger partial charge in [0.2, 0.25) is 0 Å². The number of fused-ring (bicyclic) bond motifs is 1. The summed E-state index contributed by atoms with van der Waals surface area (Å²) in [5.74, 6) is 1.95. The molecule has 0 spiro atoms. The minimum Gasteiger partial charge on any atom is -0.311 e. The molecule has 0 aromatic carbocycles. The standard InChI is InChI=1S/C10H12N4S/c11-8-4-1-5-9-12-13-10(14(8)9)7-3-2-6-15-7/h2-3,6,8H,1,4-5,11H2. The molecule has 78 valence electrons. The van der Waals surface area contributed by atoms with Crippen LogP contribution in [0.4, 0.5) is 0 Å². The minimum absolute atomic E-state index is 0.0425. The fourth-order valence-corrected chi connectivity index (χ4v) is 2.72. The SMILES string of the molecule is NC1CCCc2nnc(-c3cccs3)n21. The predicted molar refractivity (Wildman–Crippen MR) is 59.5 cm³/mol. The fraction of sp³-hybridized carbons (Fsp3) is 0.400. The number of aromatic nitrogens is 3. The molecule has 0 saturated carbocycles. The molecule has 0 aliphatic carbocycles. The lowest BCUT2D eigenvalue weighted by Crippen LogP contribution is -2.25. The zero-order valence-electron chi connectivity index (χ0n) is 8.26. The first-order valence-electron chi connectivity index (χ1n) is 5.09. The van der Waals surface area contributed by atoms with Gasteiger partial charge < -0.3 is 5.73 Å². The molecular weight excluding hydrogens is 208 g/mol. The number of hydrogen-bond donors (Lipinski definition) is 1. The maximum absolute atomic E-state index is 6.09. The topological polar surface area (TPSA) is 56.7 Å².